The van der Waals surface area contributed by atoms with Gasteiger partial charge in [-0.05, 0) is 45.6 Å². The highest BCUT2D eigenvalue weighted by Crippen LogP contribution is 2.37. The van der Waals surface area contributed by atoms with E-state index in [1.807, 2.05) is 20.4 Å². The minimum Gasteiger partial charge on any atom is -0.377 e. The van der Waals surface area contributed by atoms with E-state index in [0.717, 1.165) is 37.5 Å². The van der Waals surface area contributed by atoms with E-state index in [4.69, 9.17) is 4.74 Å². The van der Waals surface area contributed by atoms with Crippen molar-refractivity contribution in [2.75, 3.05) is 14.2 Å². The molecule has 0 bridgehead atoms. The van der Waals surface area contributed by atoms with Gasteiger partial charge in [-0.2, -0.15) is 0 Å². The van der Waals surface area contributed by atoms with E-state index >= 15 is 0 Å². The lowest BCUT2D eigenvalue weighted by Gasteiger charge is -2.44. The third kappa shape index (κ3) is 3.07. The number of aromatic nitrogens is 2. The number of rotatable bonds is 6. The minimum absolute atomic E-state index is 0.0359. The number of likely N-dealkylation sites (N-methyl/N-ethyl adjacent to an activating group) is 1. The van der Waals surface area contributed by atoms with Crippen LogP contribution in [0.5, 0.6) is 0 Å². The van der Waals surface area contributed by atoms with E-state index in [1.54, 1.807) is 0 Å². The number of aryl methyl sites for hydroxylation is 1. The summed E-state index contributed by atoms with van der Waals surface area (Å²) in [5.74, 6) is 1.98. The van der Waals surface area contributed by atoms with E-state index in [0.29, 0.717) is 6.04 Å². The molecule has 4 heteroatoms. The molecule has 1 atom stereocenters. The molecule has 1 N–H and O–H groups in total. The normalized spacial score (nSPS) is 28.5. The largest absolute Gasteiger partial charge is 0.377 e. The van der Waals surface area contributed by atoms with Crippen LogP contribution >= 0.6 is 0 Å². The molecule has 1 unspecified atom stereocenters. The molecule has 1 heterocycles. The number of methoxy groups -OCH3 is 1. The number of hydrogen-bond acceptors (Lipinski definition) is 3. The van der Waals surface area contributed by atoms with E-state index in [9.17, 15) is 0 Å². The van der Waals surface area contributed by atoms with Crippen LogP contribution in [-0.4, -0.2) is 35.4 Å². The summed E-state index contributed by atoms with van der Waals surface area (Å²) in [6.07, 6.45) is 9.69. The summed E-state index contributed by atoms with van der Waals surface area (Å²) < 4.78 is 8.22. The Bertz CT molecular complexity index is 408. The van der Waals surface area contributed by atoms with Gasteiger partial charge in [0.15, 0.2) is 0 Å². The average Bonchev–Trinajstić information content (AvgIpc) is 2.93. The Morgan fingerprint density at radius 1 is 1.50 bits per heavy atom. The molecule has 0 aliphatic heterocycles. The van der Waals surface area contributed by atoms with Gasteiger partial charge in [0.2, 0.25) is 0 Å². The minimum atomic E-state index is -0.0359. The van der Waals surface area contributed by atoms with E-state index in [-0.39, 0.29) is 5.60 Å². The summed E-state index contributed by atoms with van der Waals surface area (Å²) in [5.41, 5.74) is -0.0359. The Labute approximate surface area is 122 Å². The second-order valence-electron chi connectivity index (χ2n) is 6.13. The Morgan fingerprint density at radius 2 is 2.20 bits per heavy atom. The van der Waals surface area contributed by atoms with Crippen molar-refractivity contribution < 1.29 is 4.74 Å². The summed E-state index contributed by atoms with van der Waals surface area (Å²) >= 11 is 0. The van der Waals surface area contributed by atoms with Crippen molar-refractivity contribution in [1.29, 1.82) is 0 Å². The van der Waals surface area contributed by atoms with Crippen LogP contribution in [0.4, 0.5) is 0 Å². The number of hydrogen-bond donors (Lipinski definition) is 1. The van der Waals surface area contributed by atoms with E-state index < -0.39 is 0 Å². The molecule has 1 fully saturated rings. The Hall–Kier alpha value is -0.870. The molecule has 0 radical (unpaired) electrons. The van der Waals surface area contributed by atoms with Crippen LogP contribution in [0.25, 0.3) is 0 Å². The summed E-state index contributed by atoms with van der Waals surface area (Å²) in [6, 6.07) is 0.327. The van der Waals surface area contributed by atoms with Gasteiger partial charge < -0.3 is 14.6 Å². The lowest BCUT2D eigenvalue weighted by atomic mass is 9.74. The summed E-state index contributed by atoms with van der Waals surface area (Å²) in [5, 5.41) is 3.49. The maximum Gasteiger partial charge on any atom is 0.110 e. The van der Waals surface area contributed by atoms with Crippen LogP contribution in [0.15, 0.2) is 12.4 Å². The molecule has 0 spiro atoms. The van der Waals surface area contributed by atoms with Gasteiger partial charge >= 0.3 is 0 Å². The monoisotopic (exact) mass is 279 g/mol. The molecule has 1 aliphatic carbocycles. The molecular weight excluding hydrogens is 250 g/mol. The van der Waals surface area contributed by atoms with Crippen molar-refractivity contribution in [3.8, 4) is 0 Å². The van der Waals surface area contributed by atoms with Crippen molar-refractivity contribution in [1.82, 2.24) is 14.9 Å². The second kappa shape index (κ2) is 6.72. The maximum atomic E-state index is 6.00. The molecule has 4 nitrogen and oxygen atoms in total. The third-order valence-electron chi connectivity index (χ3n) is 5.04. The number of ether oxygens (including phenoxy) is 1. The Morgan fingerprint density at radius 3 is 2.75 bits per heavy atom. The van der Waals surface area contributed by atoms with Gasteiger partial charge in [0.05, 0.1) is 5.60 Å². The van der Waals surface area contributed by atoms with Gasteiger partial charge in [0.1, 0.15) is 5.82 Å². The van der Waals surface area contributed by atoms with Gasteiger partial charge in [-0.3, -0.25) is 0 Å². The first-order valence-electron chi connectivity index (χ1n) is 7.87. The highest BCUT2D eigenvalue weighted by Gasteiger charge is 2.41. The first-order chi connectivity index (χ1) is 9.65. The molecule has 1 saturated carbocycles. The smallest absolute Gasteiger partial charge is 0.110 e. The Kier molecular flexibility index (Phi) is 5.22. The molecule has 20 heavy (non-hydrogen) atoms. The van der Waals surface area contributed by atoms with Gasteiger partial charge in [-0.15, -0.1) is 0 Å². The zero-order valence-electron chi connectivity index (χ0n) is 13.4. The van der Waals surface area contributed by atoms with Crippen molar-refractivity contribution in [2.24, 2.45) is 5.92 Å². The fourth-order valence-corrected chi connectivity index (χ4v) is 3.50. The van der Waals surface area contributed by atoms with E-state index in [1.165, 1.54) is 12.8 Å². The first-order valence-corrected chi connectivity index (χ1v) is 7.87. The molecule has 114 valence electrons. The summed E-state index contributed by atoms with van der Waals surface area (Å²) in [7, 11) is 3.91. The summed E-state index contributed by atoms with van der Waals surface area (Å²) in [4.78, 5) is 4.52. The lowest BCUT2D eigenvalue weighted by Crippen LogP contribution is -2.54. The predicted octanol–water partition coefficient (Wildman–Crippen LogP) is 2.63. The SMILES string of the molecule is CCn1ccnc1CC(NC)C1(OC)CCC(C)CC1. The maximum absolute atomic E-state index is 6.00. The second-order valence-corrected chi connectivity index (χ2v) is 6.13. The third-order valence-corrected chi connectivity index (χ3v) is 5.04. The van der Waals surface area contributed by atoms with Crippen LogP contribution in [0, 0.1) is 5.92 Å². The average molecular weight is 279 g/mol. The molecular formula is C16H29N3O. The number of nitrogens with zero attached hydrogens (tertiary/aromatic N) is 2. The molecule has 1 aliphatic rings. The topological polar surface area (TPSA) is 39.1 Å². The number of imidazole rings is 1. The standard InChI is InChI=1S/C16H29N3O/c1-5-19-11-10-18-15(19)12-14(17-3)16(20-4)8-6-13(2)7-9-16/h10-11,13-14,17H,5-9,12H2,1-4H3. The van der Waals surface area contributed by atoms with Crippen molar-refractivity contribution in [3.05, 3.63) is 18.2 Å². The van der Waals surface area contributed by atoms with Crippen molar-refractivity contribution in [2.45, 2.75) is 64.1 Å². The van der Waals surface area contributed by atoms with Crippen LogP contribution in [0.3, 0.4) is 0 Å². The molecule has 0 saturated heterocycles. The number of nitrogens with one attached hydrogen (secondary N) is 1. The van der Waals surface area contributed by atoms with Gasteiger partial charge in [0, 0.05) is 38.5 Å². The van der Waals surface area contributed by atoms with Crippen LogP contribution < -0.4 is 5.32 Å². The zero-order chi connectivity index (χ0) is 14.6. The van der Waals surface area contributed by atoms with Gasteiger partial charge in [-0.25, -0.2) is 4.98 Å². The fourth-order valence-electron chi connectivity index (χ4n) is 3.50. The van der Waals surface area contributed by atoms with Crippen LogP contribution in [0.2, 0.25) is 0 Å². The van der Waals surface area contributed by atoms with Crippen LogP contribution in [0.1, 0.15) is 45.4 Å². The molecule has 1 aromatic rings. The van der Waals surface area contributed by atoms with Gasteiger partial charge in [0.25, 0.3) is 0 Å². The van der Waals surface area contributed by atoms with Gasteiger partial charge in [-0.1, -0.05) is 6.92 Å². The quantitative estimate of drug-likeness (QED) is 0.870. The Balaban J connectivity index is 2.13. The molecule has 0 amide bonds. The van der Waals surface area contributed by atoms with Crippen molar-refractivity contribution >= 4 is 0 Å². The molecule has 0 aromatic carbocycles. The highest BCUT2D eigenvalue weighted by atomic mass is 16.5. The van der Waals surface area contributed by atoms with E-state index in [2.05, 4.69) is 34.9 Å². The van der Waals surface area contributed by atoms with Crippen molar-refractivity contribution in [3.63, 3.8) is 0 Å². The zero-order valence-corrected chi connectivity index (χ0v) is 13.4. The summed E-state index contributed by atoms with van der Waals surface area (Å²) in [6.45, 7) is 5.48. The predicted molar refractivity (Wildman–Crippen MR) is 81.8 cm³/mol. The fraction of sp³-hybridized carbons (Fsp3) is 0.812. The van der Waals surface area contributed by atoms with Crippen LogP contribution in [-0.2, 0) is 17.7 Å². The molecule has 1 aromatic heterocycles. The highest BCUT2D eigenvalue weighted by molar-refractivity contribution is 5.03. The first kappa shape index (κ1) is 15.5. The lowest BCUT2D eigenvalue weighted by molar-refractivity contribution is -0.0735. The molecule has 2 rings (SSSR count).